The predicted molar refractivity (Wildman–Crippen MR) is 98.1 cm³/mol. The number of nitrogens with zero attached hydrogens (tertiary/aromatic N) is 2. The third-order valence-electron chi connectivity index (χ3n) is 4.85. The molecule has 1 fully saturated rings. The van der Waals surface area contributed by atoms with Crippen LogP contribution in [0.4, 0.5) is 5.69 Å². The quantitative estimate of drug-likeness (QED) is 0.899. The van der Waals surface area contributed by atoms with Crippen molar-refractivity contribution in [3.8, 4) is 0 Å². The van der Waals surface area contributed by atoms with Gasteiger partial charge >= 0.3 is 0 Å². The van der Waals surface area contributed by atoms with Gasteiger partial charge in [0, 0.05) is 24.8 Å². The Labute approximate surface area is 147 Å². The number of carbonyl (C=O) groups excluding carboxylic acids is 1. The van der Waals surface area contributed by atoms with E-state index in [2.05, 4.69) is 40.6 Å². The highest BCUT2D eigenvalue weighted by atomic mass is 16.2. The summed E-state index contributed by atoms with van der Waals surface area (Å²) in [6.07, 6.45) is 1.72. The Hall–Kier alpha value is -2.63. The molecule has 6 nitrogen and oxygen atoms in total. The SMILES string of the molecule is Cc1cccc(NC2CCN(C(=O)c3c(C)c(C)n[nH]c3=O)CC2)c1. The minimum Gasteiger partial charge on any atom is -0.382 e. The van der Waals surface area contributed by atoms with Gasteiger partial charge in [0.25, 0.3) is 11.5 Å². The van der Waals surface area contributed by atoms with Crippen LogP contribution in [0.1, 0.15) is 40.0 Å². The molecule has 1 amide bonds. The van der Waals surface area contributed by atoms with Gasteiger partial charge in [0.1, 0.15) is 5.56 Å². The normalized spacial score (nSPS) is 15.2. The molecule has 0 unspecified atom stereocenters. The van der Waals surface area contributed by atoms with E-state index in [0.717, 1.165) is 18.5 Å². The highest BCUT2D eigenvalue weighted by Crippen LogP contribution is 2.19. The van der Waals surface area contributed by atoms with Gasteiger partial charge in [-0.3, -0.25) is 9.59 Å². The summed E-state index contributed by atoms with van der Waals surface area (Å²) in [6.45, 7) is 6.92. The summed E-state index contributed by atoms with van der Waals surface area (Å²) >= 11 is 0. The Balaban J connectivity index is 1.65. The van der Waals surface area contributed by atoms with E-state index in [1.807, 2.05) is 6.07 Å². The highest BCUT2D eigenvalue weighted by molar-refractivity contribution is 5.95. The highest BCUT2D eigenvalue weighted by Gasteiger charge is 2.26. The van der Waals surface area contributed by atoms with Crippen LogP contribution in [0, 0.1) is 20.8 Å². The summed E-state index contributed by atoms with van der Waals surface area (Å²) < 4.78 is 0. The summed E-state index contributed by atoms with van der Waals surface area (Å²) in [6, 6.07) is 8.64. The molecule has 3 rings (SSSR count). The number of benzene rings is 1. The Morgan fingerprint density at radius 2 is 1.96 bits per heavy atom. The zero-order valence-electron chi connectivity index (χ0n) is 14.9. The Morgan fingerprint density at radius 3 is 2.64 bits per heavy atom. The van der Waals surface area contributed by atoms with Crippen molar-refractivity contribution in [3.63, 3.8) is 0 Å². The minimum absolute atomic E-state index is 0.196. The second-order valence-electron chi connectivity index (χ2n) is 6.72. The topological polar surface area (TPSA) is 78.1 Å². The van der Waals surface area contributed by atoms with Crippen molar-refractivity contribution in [2.75, 3.05) is 18.4 Å². The Bertz CT molecular complexity index is 836. The van der Waals surface area contributed by atoms with Crippen LogP contribution in [0.2, 0.25) is 0 Å². The number of nitrogens with one attached hydrogen (secondary N) is 2. The van der Waals surface area contributed by atoms with Gasteiger partial charge in [-0.2, -0.15) is 5.10 Å². The lowest BCUT2D eigenvalue weighted by atomic mass is 10.0. The van der Waals surface area contributed by atoms with Gasteiger partial charge in [-0.05, 0) is 56.9 Å². The molecule has 1 aliphatic heterocycles. The number of anilines is 1. The molecule has 25 heavy (non-hydrogen) atoms. The van der Waals surface area contributed by atoms with Gasteiger partial charge in [0.05, 0.1) is 5.69 Å². The lowest BCUT2D eigenvalue weighted by Crippen LogP contribution is -2.44. The van der Waals surface area contributed by atoms with Crippen LogP contribution >= 0.6 is 0 Å². The Kier molecular flexibility index (Phi) is 4.88. The van der Waals surface area contributed by atoms with Crippen molar-refractivity contribution in [2.45, 2.75) is 39.7 Å². The number of amides is 1. The van der Waals surface area contributed by atoms with Gasteiger partial charge in [0.2, 0.25) is 0 Å². The van der Waals surface area contributed by atoms with Gasteiger partial charge in [-0.15, -0.1) is 0 Å². The third-order valence-corrected chi connectivity index (χ3v) is 4.85. The average Bonchev–Trinajstić information content (AvgIpc) is 2.59. The van der Waals surface area contributed by atoms with Gasteiger partial charge in [0.15, 0.2) is 0 Å². The number of H-pyrrole nitrogens is 1. The van der Waals surface area contributed by atoms with E-state index in [9.17, 15) is 9.59 Å². The van der Waals surface area contributed by atoms with Crippen molar-refractivity contribution in [3.05, 3.63) is 57.0 Å². The monoisotopic (exact) mass is 340 g/mol. The number of aromatic amines is 1. The van der Waals surface area contributed by atoms with Crippen LogP contribution in [-0.4, -0.2) is 40.1 Å². The van der Waals surface area contributed by atoms with Crippen LogP contribution in [0.3, 0.4) is 0 Å². The van der Waals surface area contributed by atoms with Crippen LogP contribution in [-0.2, 0) is 0 Å². The second kappa shape index (κ2) is 7.09. The molecule has 0 radical (unpaired) electrons. The molecule has 0 bridgehead atoms. The van der Waals surface area contributed by atoms with E-state index >= 15 is 0 Å². The zero-order chi connectivity index (χ0) is 18.0. The van der Waals surface area contributed by atoms with Crippen molar-refractivity contribution in [1.29, 1.82) is 0 Å². The first-order chi connectivity index (χ1) is 12.0. The predicted octanol–water partition coefficient (Wildman–Crippen LogP) is 2.41. The molecule has 0 atom stereocenters. The second-order valence-corrected chi connectivity index (χ2v) is 6.72. The molecule has 0 saturated carbocycles. The summed E-state index contributed by atoms with van der Waals surface area (Å²) in [5, 5.41) is 9.86. The summed E-state index contributed by atoms with van der Waals surface area (Å²) in [4.78, 5) is 26.6. The molecule has 0 spiro atoms. The molecule has 1 aromatic heterocycles. The van der Waals surface area contributed by atoms with E-state index in [4.69, 9.17) is 0 Å². The van der Waals surface area contributed by atoms with Crippen LogP contribution in [0.5, 0.6) is 0 Å². The fourth-order valence-electron chi connectivity index (χ4n) is 3.24. The average molecular weight is 340 g/mol. The standard InChI is InChI=1S/C19H24N4O2/c1-12-5-4-6-16(11-12)20-15-7-9-23(10-8-15)19(25)17-13(2)14(3)21-22-18(17)24/h4-6,11,15,20H,7-10H2,1-3H3,(H,22,24). The maximum Gasteiger partial charge on any atom is 0.277 e. The molecule has 1 aromatic carbocycles. The Morgan fingerprint density at radius 1 is 1.24 bits per heavy atom. The smallest absolute Gasteiger partial charge is 0.277 e. The lowest BCUT2D eigenvalue weighted by Gasteiger charge is -2.33. The van der Waals surface area contributed by atoms with Gasteiger partial charge < -0.3 is 10.2 Å². The number of aromatic nitrogens is 2. The number of piperidine rings is 1. The molecule has 1 saturated heterocycles. The van der Waals surface area contributed by atoms with Crippen molar-refractivity contribution in [2.24, 2.45) is 0 Å². The number of hydrogen-bond donors (Lipinski definition) is 2. The lowest BCUT2D eigenvalue weighted by molar-refractivity contribution is 0.0715. The molecule has 0 aliphatic carbocycles. The fraction of sp³-hybridized carbons (Fsp3) is 0.421. The first-order valence-corrected chi connectivity index (χ1v) is 8.64. The van der Waals surface area contributed by atoms with E-state index in [-0.39, 0.29) is 11.5 Å². The van der Waals surface area contributed by atoms with Crippen molar-refractivity contribution >= 4 is 11.6 Å². The van der Waals surface area contributed by atoms with Gasteiger partial charge in [-0.25, -0.2) is 5.10 Å². The number of aryl methyl sites for hydroxylation is 2. The minimum atomic E-state index is -0.409. The molecule has 6 heteroatoms. The van der Waals surface area contributed by atoms with E-state index in [1.54, 1.807) is 18.7 Å². The number of likely N-dealkylation sites (tertiary alicyclic amines) is 1. The zero-order valence-corrected chi connectivity index (χ0v) is 14.9. The molecule has 1 aliphatic rings. The molecule has 2 aromatic rings. The van der Waals surface area contributed by atoms with E-state index in [0.29, 0.717) is 30.4 Å². The maximum atomic E-state index is 12.8. The fourth-order valence-corrected chi connectivity index (χ4v) is 3.24. The molecular formula is C19H24N4O2. The van der Waals surface area contributed by atoms with Crippen LogP contribution in [0.25, 0.3) is 0 Å². The molecule has 132 valence electrons. The molecular weight excluding hydrogens is 316 g/mol. The molecule has 2 heterocycles. The largest absolute Gasteiger partial charge is 0.382 e. The number of carbonyl (C=O) groups is 1. The van der Waals surface area contributed by atoms with E-state index in [1.165, 1.54) is 5.56 Å². The molecule has 2 N–H and O–H groups in total. The van der Waals surface area contributed by atoms with Crippen molar-refractivity contribution in [1.82, 2.24) is 15.1 Å². The van der Waals surface area contributed by atoms with E-state index < -0.39 is 5.56 Å². The van der Waals surface area contributed by atoms with Crippen LogP contribution < -0.4 is 10.9 Å². The number of rotatable bonds is 3. The first-order valence-electron chi connectivity index (χ1n) is 8.64. The summed E-state index contributed by atoms with van der Waals surface area (Å²) in [5.74, 6) is -0.196. The van der Waals surface area contributed by atoms with Crippen LogP contribution in [0.15, 0.2) is 29.1 Å². The number of hydrogen-bond acceptors (Lipinski definition) is 4. The third kappa shape index (κ3) is 3.73. The summed E-state index contributed by atoms with van der Waals surface area (Å²) in [5.41, 5.74) is 3.49. The van der Waals surface area contributed by atoms with Gasteiger partial charge in [-0.1, -0.05) is 12.1 Å². The van der Waals surface area contributed by atoms with Crippen molar-refractivity contribution < 1.29 is 4.79 Å². The maximum absolute atomic E-state index is 12.8. The summed E-state index contributed by atoms with van der Waals surface area (Å²) in [7, 11) is 0. The first kappa shape index (κ1) is 17.2.